The van der Waals surface area contributed by atoms with E-state index in [1.54, 1.807) is 0 Å². The highest BCUT2D eigenvalue weighted by Gasteiger charge is 2.58. The molecule has 31 heavy (non-hydrogen) atoms. The van der Waals surface area contributed by atoms with Crippen LogP contribution in [0.5, 0.6) is 0 Å². The van der Waals surface area contributed by atoms with Gasteiger partial charge in [0.2, 0.25) is 0 Å². The number of esters is 3. The van der Waals surface area contributed by atoms with Crippen LogP contribution >= 0.6 is 12.6 Å². The van der Waals surface area contributed by atoms with E-state index in [0.29, 0.717) is 6.42 Å². The fraction of sp³-hybridized carbons (Fsp3) is 0.550. The fourth-order valence-electron chi connectivity index (χ4n) is 3.56. The smallest absolute Gasteiger partial charge is 0.303 e. The average molecular weight is 452 g/mol. The Morgan fingerprint density at radius 3 is 2.39 bits per heavy atom. The SMILES string of the molecule is CC(=O)OC[C@@H]1O[C@@H](S)C(CCc2ccccc2)(OC(C)=O)[C@H](N=[N+]=[N-])[C@@H]1OC(C)=O. The fourth-order valence-corrected chi connectivity index (χ4v) is 4.05. The van der Waals surface area contributed by atoms with E-state index in [1.807, 2.05) is 30.3 Å². The van der Waals surface area contributed by atoms with Gasteiger partial charge in [-0.3, -0.25) is 14.4 Å². The van der Waals surface area contributed by atoms with E-state index in [4.69, 9.17) is 18.9 Å². The standard InChI is InChI=1S/C20H25N3O7S/c1-12(24)27-11-16-17(28-13(2)25)18(22-23-21)20(19(31)29-16,30-14(3)26)10-9-15-7-5-4-6-8-15/h4-8,16-19,31H,9-11H2,1-3H3/t16-,17+,18+,19-,20?/m0/s1. The Labute approximate surface area is 185 Å². The van der Waals surface area contributed by atoms with Crippen molar-refractivity contribution in [1.29, 1.82) is 0 Å². The van der Waals surface area contributed by atoms with Gasteiger partial charge in [0.15, 0.2) is 5.60 Å². The van der Waals surface area contributed by atoms with Gasteiger partial charge in [0.1, 0.15) is 30.3 Å². The maximum atomic E-state index is 12.0. The molecule has 1 fully saturated rings. The number of benzene rings is 1. The van der Waals surface area contributed by atoms with Crippen molar-refractivity contribution in [3.05, 3.63) is 46.3 Å². The van der Waals surface area contributed by atoms with E-state index in [2.05, 4.69) is 22.7 Å². The van der Waals surface area contributed by atoms with Gasteiger partial charge < -0.3 is 18.9 Å². The third-order valence-corrected chi connectivity index (χ3v) is 5.37. The van der Waals surface area contributed by atoms with E-state index < -0.39 is 47.2 Å². The molecule has 1 aromatic rings. The van der Waals surface area contributed by atoms with Gasteiger partial charge in [-0.25, -0.2) is 0 Å². The summed E-state index contributed by atoms with van der Waals surface area (Å²) < 4.78 is 21.9. The highest BCUT2D eigenvalue weighted by atomic mass is 32.1. The Morgan fingerprint density at radius 1 is 1.16 bits per heavy atom. The second kappa shape index (κ2) is 11.0. The molecule has 1 heterocycles. The molecule has 0 amide bonds. The molecule has 1 aromatic carbocycles. The highest BCUT2D eigenvalue weighted by molar-refractivity contribution is 7.80. The lowest BCUT2D eigenvalue weighted by atomic mass is 9.81. The first-order valence-electron chi connectivity index (χ1n) is 9.61. The first-order valence-corrected chi connectivity index (χ1v) is 10.1. The van der Waals surface area contributed by atoms with Crippen LogP contribution in [-0.4, -0.2) is 53.8 Å². The number of hydrogen-bond acceptors (Lipinski definition) is 9. The van der Waals surface area contributed by atoms with E-state index in [1.165, 1.54) is 20.8 Å². The Kier molecular flexibility index (Phi) is 8.73. The van der Waals surface area contributed by atoms with Gasteiger partial charge in [-0.2, -0.15) is 0 Å². The summed E-state index contributed by atoms with van der Waals surface area (Å²) in [5.41, 5.74) is 7.59. The van der Waals surface area contributed by atoms with Crippen LogP contribution in [0.15, 0.2) is 35.4 Å². The van der Waals surface area contributed by atoms with Gasteiger partial charge >= 0.3 is 17.9 Å². The quantitative estimate of drug-likeness (QED) is 0.160. The van der Waals surface area contributed by atoms with Gasteiger partial charge in [0.05, 0.1) is 0 Å². The van der Waals surface area contributed by atoms with Crippen LogP contribution in [-0.2, 0) is 39.8 Å². The number of nitrogens with zero attached hydrogens (tertiary/aromatic N) is 3. The van der Waals surface area contributed by atoms with Crippen molar-refractivity contribution in [2.45, 2.75) is 62.9 Å². The molecule has 0 aliphatic carbocycles. The van der Waals surface area contributed by atoms with Crippen molar-refractivity contribution in [3.8, 4) is 0 Å². The molecule has 0 spiro atoms. The van der Waals surface area contributed by atoms with Crippen LogP contribution < -0.4 is 0 Å². The zero-order valence-electron chi connectivity index (χ0n) is 17.5. The van der Waals surface area contributed by atoms with Gasteiger partial charge in [0.25, 0.3) is 0 Å². The number of aryl methyl sites for hydroxylation is 1. The van der Waals surface area contributed by atoms with Crippen LogP contribution in [0, 0.1) is 0 Å². The van der Waals surface area contributed by atoms with E-state index >= 15 is 0 Å². The second-order valence-corrected chi connectivity index (χ2v) is 7.56. The lowest BCUT2D eigenvalue weighted by Gasteiger charge is -2.50. The maximum Gasteiger partial charge on any atom is 0.303 e. The average Bonchev–Trinajstić information content (AvgIpc) is 2.70. The summed E-state index contributed by atoms with van der Waals surface area (Å²) in [4.78, 5) is 38.0. The van der Waals surface area contributed by atoms with Crippen LogP contribution in [0.1, 0.15) is 32.8 Å². The lowest BCUT2D eigenvalue weighted by molar-refractivity contribution is -0.231. The predicted molar refractivity (Wildman–Crippen MR) is 112 cm³/mol. The molecular formula is C20H25N3O7S. The van der Waals surface area contributed by atoms with Crippen molar-refractivity contribution in [2.75, 3.05) is 6.61 Å². The Hall–Kier alpha value is -2.75. The number of ether oxygens (including phenoxy) is 4. The van der Waals surface area contributed by atoms with Crippen LogP contribution in [0.4, 0.5) is 0 Å². The molecule has 0 N–H and O–H groups in total. The van der Waals surface area contributed by atoms with Gasteiger partial charge in [-0.15, -0.1) is 12.6 Å². The van der Waals surface area contributed by atoms with Crippen LogP contribution in [0.2, 0.25) is 0 Å². The number of carbonyl (C=O) groups is 3. The number of thiol groups is 1. The molecule has 0 aromatic heterocycles. The van der Waals surface area contributed by atoms with Crippen LogP contribution in [0.25, 0.3) is 10.4 Å². The first-order chi connectivity index (χ1) is 14.7. The Bertz CT molecular complexity index is 846. The summed E-state index contributed by atoms with van der Waals surface area (Å²) in [6.07, 6.45) is -1.54. The summed E-state index contributed by atoms with van der Waals surface area (Å²) in [6.45, 7) is 3.34. The third-order valence-electron chi connectivity index (χ3n) is 4.81. The third kappa shape index (κ3) is 6.36. The van der Waals surface area contributed by atoms with E-state index in [0.717, 1.165) is 5.56 Å². The summed E-state index contributed by atoms with van der Waals surface area (Å²) in [5.74, 6) is -1.88. The number of hydrogen-bond donors (Lipinski definition) is 1. The predicted octanol–water partition coefficient (Wildman–Crippen LogP) is 2.75. The largest absolute Gasteiger partial charge is 0.463 e. The minimum absolute atomic E-state index is 0.173. The Balaban J connectivity index is 2.48. The molecule has 1 aliphatic heterocycles. The number of carbonyl (C=O) groups excluding carboxylic acids is 3. The minimum atomic E-state index is -1.54. The summed E-state index contributed by atoms with van der Waals surface area (Å²) in [5, 5.41) is 3.82. The molecule has 1 saturated heterocycles. The molecule has 10 nitrogen and oxygen atoms in total. The highest BCUT2D eigenvalue weighted by Crippen LogP contribution is 2.42. The summed E-state index contributed by atoms with van der Waals surface area (Å²) in [7, 11) is 0. The zero-order valence-corrected chi connectivity index (χ0v) is 18.4. The molecule has 5 atom stereocenters. The van der Waals surface area contributed by atoms with Crippen molar-refractivity contribution >= 4 is 30.5 Å². The van der Waals surface area contributed by atoms with E-state index in [-0.39, 0.29) is 13.0 Å². The minimum Gasteiger partial charge on any atom is -0.463 e. The van der Waals surface area contributed by atoms with Crippen molar-refractivity contribution in [1.82, 2.24) is 0 Å². The van der Waals surface area contributed by atoms with E-state index in [9.17, 15) is 19.9 Å². The summed E-state index contributed by atoms with van der Waals surface area (Å²) in [6, 6.07) is 8.22. The molecule has 168 valence electrons. The summed E-state index contributed by atoms with van der Waals surface area (Å²) >= 11 is 4.49. The molecule has 1 unspecified atom stereocenters. The topological polar surface area (TPSA) is 137 Å². The molecular weight excluding hydrogens is 426 g/mol. The molecule has 0 saturated carbocycles. The van der Waals surface area contributed by atoms with Crippen molar-refractivity contribution < 1.29 is 33.3 Å². The van der Waals surface area contributed by atoms with Crippen LogP contribution in [0.3, 0.4) is 0 Å². The zero-order chi connectivity index (χ0) is 23.0. The van der Waals surface area contributed by atoms with Gasteiger partial charge in [0, 0.05) is 25.7 Å². The monoisotopic (exact) mass is 451 g/mol. The molecule has 0 radical (unpaired) electrons. The normalized spacial score (nSPS) is 27.5. The molecule has 1 aliphatic rings. The molecule has 11 heteroatoms. The molecule has 0 bridgehead atoms. The lowest BCUT2D eigenvalue weighted by Crippen LogP contribution is -2.67. The number of azide groups is 1. The number of rotatable bonds is 8. The maximum absolute atomic E-state index is 12.0. The second-order valence-electron chi connectivity index (χ2n) is 7.09. The van der Waals surface area contributed by atoms with Gasteiger partial charge in [-0.1, -0.05) is 35.4 Å². The van der Waals surface area contributed by atoms with Crippen molar-refractivity contribution in [3.63, 3.8) is 0 Å². The first kappa shape index (κ1) is 24.5. The van der Waals surface area contributed by atoms with Gasteiger partial charge in [-0.05, 0) is 23.9 Å². The Morgan fingerprint density at radius 2 is 1.84 bits per heavy atom. The van der Waals surface area contributed by atoms with Crippen molar-refractivity contribution in [2.24, 2.45) is 5.11 Å². The molecule has 2 rings (SSSR count).